The van der Waals surface area contributed by atoms with E-state index < -0.39 is 5.97 Å². The van der Waals surface area contributed by atoms with Crippen LogP contribution in [-0.2, 0) is 4.79 Å². The van der Waals surface area contributed by atoms with Crippen molar-refractivity contribution < 1.29 is 9.90 Å². The lowest BCUT2D eigenvalue weighted by atomic mass is 10.5. The molecule has 3 heteroatoms. The summed E-state index contributed by atoms with van der Waals surface area (Å²) in [6.45, 7) is 0. The molecule has 0 aliphatic carbocycles. The van der Waals surface area contributed by atoms with Crippen LogP contribution in [-0.4, -0.2) is 11.8 Å². The molecule has 2 nitrogen and oxygen atoms in total. The summed E-state index contributed by atoms with van der Waals surface area (Å²) in [5, 5.41) is 9.40. The molecule has 0 aromatic rings. The van der Waals surface area contributed by atoms with E-state index in [-0.39, 0.29) is 12.3 Å². The van der Waals surface area contributed by atoms with Gasteiger partial charge in [-0.25, -0.2) is 0 Å². The maximum Gasteiger partial charge on any atom is 0.0426 e. The van der Waals surface area contributed by atoms with Gasteiger partial charge in [-0.2, -0.15) is 0 Å². The Morgan fingerprint density at radius 3 is 2.33 bits per heavy atom. The van der Waals surface area contributed by atoms with Crippen LogP contribution >= 0.6 is 11.6 Å². The van der Waals surface area contributed by atoms with Gasteiger partial charge in [0.15, 0.2) is 0 Å². The molecule has 0 radical (unpaired) electrons. The first-order valence-electron chi connectivity index (χ1n) is 1.53. The van der Waals surface area contributed by atoms with Gasteiger partial charge in [-0.15, -0.1) is 11.6 Å². The lowest BCUT2D eigenvalue weighted by Crippen LogP contribution is -2.21. The Labute approximate surface area is 40.7 Å². The van der Waals surface area contributed by atoms with Gasteiger partial charge in [-0.3, -0.25) is 0 Å². The summed E-state index contributed by atoms with van der Waals surface area (Å²) in [5.41, 5.74) is 0. The third-order valence-electron chi connectivity index (χ3n) is 0.299. The predicted octanol–water partition coefficient (Wildman–Crippen LogP) is -0.635. The molecule has 0 unspecified atom stereocenters. The molecular weight excluding hydrogens is 103 g/mol. The summed E-state index contributed by atoms with van der Waals surface area (Å²) >= 11 is 4.98. The molecule has 6 heavy (non-hydrogen) atoms. The van der Waals surface area contributed by atoms with Crippen molar-refractivity contribution in [1.29, 1.82) is 0 Å². The maximum absolute atomic E-state index is 9.40. The van der Waals surface area contributed by atoms with Crippen molar-refractivity contribution in [3.05, 3.63) is 0 Å². The van der Waals surface area contributed by atoms with Crippen molar-refractivity contribution in [1.82, 2.24) is 0 Å². The van der Waals surface area contributed by atoms with Gasteiger partial charge in [0.25, 0.3) is 0 Å². The fourth-order valence-electron chi connectivity index (χ4n) is 0.0772. The van der Waals surface area contributed by atoms with E-state index in [0.717, 1.165) is 0 Å². The fourth-order valence-corrected chi connectivity index (χ4v) is 0.231. The van der Waals surface area contributed by atoms with Gasteiger partial charge in [0.1, 0.15) is 0 Å². The lowest BCUT2D eigenvalue weighted by molar-refractivity contribution is -0.305. The zero-order chi connectivity index (χ0) is 4.99. The van der Waals surface area contributed by atoms with Gasteiger partial charge in [0.2, 0.25) is 0 Å². The van der Waals surface area contributed by atoms with Crippen molar-refractivity contribution in [2.45, 2.75) is 6.42 Å². The number of rotatable bonds is 2. The number of carboxylic acid groups (broad SMARTS) is 1. The molecule has 0 amide bonds. The minimum atomic E-state index is -1.09. The van der Waals surface area contributed by atoms with Crippen LogP contribution in [0.4, 0.5) is 0 Å². The average Bonchev–Trinajstić information content (AvgIpc) is 1.35. The van der Waals surface area contributed by atoms with Crippen molar-refractivity contribution in [3.63, 3.8) is 0 Å². The number of carboxylic acids is 1. The Balaban J connectivity index is 2.83. The smallest absolute Gasteiger partial charge is 0.0426 e. The van der Waals surface area contributed by atoms with E-state index in [1.54, 1.807) is 0 Å². The second-order valence-corrected chi connectivity index (χ2v) is 1.19. The normalized spacial score (nSPS) is 8.17. The molecule has 0 atom stereocenters. The van der Waals surface area contributed by atoms with Crippen LogP contribution in [0, 0.1) is 0 Å². The standard InChI is InChI=1S/C3H5ClO2/c4-2-1-3(5)6/h1-2H2,(H,5,6)/p-1. The Bertz CT molecular complexity index is 52.8. The van der Waals surface area contributed by atoms with E-state index in [4.69, 9.17) is 11.6 Å². The Hall–Kier alpha value is -0.240. The predicted molar refractivity (Wildman–Crippen MR) is 20.3 cm³/mol. The van der Waals surface area contributed by atoms with Crippen LogP contribution in [0.2, 0.25) is 0 Å². The molecule has 0 saturated heterocycles. The molecule has 0 saturated carbocycles. The van der Waals surface area contributed by atoms with Gasteiger partial charge in [-0.1, -0.05) is 0 Å². The minimum absolute atomic E-state index is 0.0540. The SMILES string of the molecule is O=C([O-])CCCl. The molecular formula is C3H4ClO2-. The Kier molecular flexibility index (Phi) is 2.85. The molecule has 0 fully saturated rings. The molecule has 0 N–H and O–H groups in total. The number of hydrogen-bond donors (Lipinski definition) is 0. The van der Waals surface area contributed by atoms with Gasteiger partial charge in [0, 0.05) is 18.3 Å². The number of aliphatic carboxylic acids is 1. The van der Waals surface area contributed by atoms with Crippen molar-refractivity contribution in [2.75, 3.05) is 5.88 Å². The number of carbonyl (C=O) groups is 1. The number of alkyl halides is 1. The average molecular weight is 108 g/mol. The van der Waals surface area contributed by atoms with E-state index in [0.29, 0.717) is 0 Å². The highest BCUT2D eigenvalue weighted by Crippen LogP contribution is 1.78. The number of hydrogen-bond acceptors (Lipinski definition) is 2. The summed E-state index contributed by atoms with van der Waals surface area (Å²) in [7, 11) is 0. The zero-order valence-electron chi connectivity index (χ0n) is 3.11. The number of carbonyl (C=O) groups excluding carboxylic acids is 1. The van der Waals surface area contributed by atoms with Crippen molar-refractivity contribution in [3.8, 4) is 0 Å². The molecule has 0 aromatic heterocycles. The molecule has 0 aromatic carbocycles. The summed E-state index contributed by atoms with van der Waals surface area (Å²) in [4.78, 5) is 9.40. The largest absolute Gasteiger partial charge is 0.550 e. The van der Waals surface area contributed by atoms with E-state index in [1.165, 1.54) is 0 Å². The first-order valence-corrected chi connectivity index (χ1v) is 2.06. The summed E-state index contributed by atoms with van der Waals surface area (Å²) in [6.07, 6.45) is -0.0540. The third-order valence-corrected chi connectivity index (χ3v) is 0.488. The Morgan fingerprint density at radius 2 is 2.33 bits per heavy atom. The van der Waals surface area contributed by atoms with Crippen LogP contribution in [0.5, 0.6) is 0 Å². The van der Waals surface area contributed by atoms with E-state index in [1.807, 2.05) is 0 Å². The highest BCUT2D eigenvalue weighted by Gasteiger charge is 1.77. The lowest BCUT2D eigenvalue weighted by Gasteiger charge is -1.91. The highest BCUT2D eigenvalue weighted by atomic mass is 35.5. The highest BCUT2D eigenvalue weighted by molar-refractivity contribution is 6.18. The molecule has 0 rings (SSSR count). The van der Waals surface area contributed by atoms with Crippen molar-refractivity contribution in [2.24, 2.45) is 0 Å². The second kappa shape index (κ2) is 2.97. The molecule has 0 bridgehead atoms. The van der Waals surface area contributed by atoms with E-state index >= 15 is 0 Å². The topological polar surface area (TPSA) is 40.1 Å². The van der Waals surface area contributed by atoms with Gasteiger partial charge >= 0.3 is 0 Å². The van der Waals surface area contributed by atoms with Crippen LogP contribution in [0.25, 0.3) is 0 Å². The van der Waals surface area contributed by atoms with Gasteiger partial charge in [0.05, 0.1) is 0 Å². The second-order valence-electron chi connectivity index (χ2n) is 0.811. The van der Waals surface area contributed by atoms with Gasteiger partial charge < -0.3 is 9.90 Å². The molecule has 0 spiro atoms. The van der Waals surface area contributed by atoms with Crippen LogP contribution in [0.1, 0.15) is 6.42 Å². The van der Waals surface area contributed by atoms with Crippen LogP contribution in [0.15, 0.2) is 0 Å². The monoisotopic (exact) mass is 107 g/mol. The zero-order valence-corrected chi connectivity index (χ0v) is 3.86. The number of halogens is 1. The van der Waals surface area contributed by atoms with Crippen LogP contribution in [0.3, 0.4) is 0 Å². The summed E-state index contributed by atoms with van der Waals surface area (Å²) in [6, 6.07) is 0. The van der Waals surface area contributed by atoms with Gasteiger partial charge in [-0.05, 0) is 0 Å². The van der Waals surface area contributed by atoms with E-state index in [9.17, 15) is 9.90 Å². The fraction of sp³-hybridized carbons (Fsp3) is 0.667. The minimum Gasteiger partial charge on any atom is -0.550 e. The quantitative estimate of drug-likeness (QED) is 0.441. The van der Waals surface area contributed by atoms with Crippen LogP contribution < -0.4 is 5.11 Å². The van der Waals surface area contributed by atoms with E-state index in [2.05, 4.69) is 0 Å². The summed E-state index contributed by atoms with van der Waals surface area (Å²) in [5.74, 6) is -0.951. The maximum atomic E-state index is 9.40. The molecule has 0 aliphatic heterocycles. The van der Waals surface area contributed by atoms with Crippen molar-refractivity contribution >= 4 is 17.6 Å². The first kappa shape index (κ1) is 5.76. The first-order chi connectivity index (χ1) is 2.77. The molecule has 0 aliphatic rings. The Morgan fingerprint density at radius 1 is 1.83 bits per heavy atom. The third kappa shape index (κ3) is 3.76. The molecule has 0 heterocycles. The molecule has 36 valence electrons. The summed E-state index contributed by atoms with van der Waals surface area (Å²) < 4.78 is 0.